The van der Waals surface area contributed by atoms with Crippen LogP contribution in [0.2, 0.25) is 0 Å². The van der Waals surface area contributed by atoms with Gasteiger partial charge in [-0.1, -0.05) is 55.8 Å². The number of fused-ring (bicyclic) bond motifs is 2. The molecule has 3 fully saturated rings. The fourth-order valence-corrected chi connectivity index (χ4v) is 6.86. The van der Waals surface area contributed by atoms with Crippen LogP contribution in [0.3, 0.4) is 0 Å². The van der Waals surface area contributed by atoms with Gasteiger partial charge >= 0.3 is 5.97 Å². The van der Waals surface area contributed by atoms with Gasteiger partial charge in [0, 0.05) is 43.8 Å². The van der Waals surface area contributed by atoms with Crippen LogP contribution < -0.4 is 0 Å². The van der Waals surface area contributed by atoms with Crippen molar-refractivity contribution in [2.45, 2.75) is 70.2 Å². The minimum absolute atomic E-state index is 0.143. The van der Waals surface area contributed by atoms with Crippen molar-refractivity contribution in [1.29, 1.82) is 0 Å². The highest BCUT2D eigenvalue weighted by atomic mass is 16.6. The Morgan fingerprint density at radius 1 is 1.19 bits per heavy atom. The van der Waals surface area contributed by atoms with Gasteiger partial charge in [-0.3, -0.25) is 4.79 Å². The van der Waals surface area contributed by atoms with E-state index in [4.69, 9.17) is 4.74 Å². The van der Waals surface area contributed by atoms with Crippen molar-refractivity contribution < 1.29 is 19.7 Å². The summed E-state index contributed by atoms with van der Waals surface area (Å²) in [5, 5.41) is 22.7. The lowest BCUT2D eigenvalue weighted by Crippen LogP contribution is -2.55. The Balaban J connectivity index is 1.26. The molecule has 1 aromatic carbocycles. The normalized spacial score (nSPS) is 39.1. The molecule has 32 heavy (non-hydrogen) atoms. The number of nitrogens with zero attached hydrogens (tertiary/aromatic N) is 1. The van der Waals surface area contributed by atoms with Gasteiger partial charge in [0.2, 0.25) is 0 Å². The molecule has 0 amide bonds. The molecule has 2 aliphatic heterocycles. The largest absolute Gasteiger partial charge is 0.461 e. The van der Waals surface area contributed by atoms with Crippen molar-refractivity contribution in [2.75, 3.05) is 19.6 Å². The Morgan fingerprint density at radius 3 is 2.62 bits per heavy atom. The minimum Gasteiger partial charge on any atom is -0.461 e. The van der Waals surface area contributed by atoms with E-state index in [-0.39, 0.29) is 29.3 Å². The average Bonchev–Trinajstić information content (AvgIpc) is 3.08. The quantitative estimate of drug-likeness (QED) is 0.556. The Bertz CT molecular complexity index is 875. The second kappa shape index (κ2) is 8.27. The number of carbonyl (C=O) groups excluding carboxylic acids is 1. The van der Waals surface area contributed by atoms with E-state index >= 15 is 0 Å². The van der Waals surface area contributed by atoms with Gasteiger partial charge in [-0.15, -0.1) is 0 Å². The molecule has 174 valence electrons. The maximum absolute atomic E-state index is 12.9. The molecule has 2 aliphatic carbocycles. The zero-order valence-electron chi connectivity index (χ0n) is 19.4. The van der Waals surface area contributed by atoms with Crippen molar-refractivity contribution in [3.05, 3.63) is 47.5 Å². The van der Waals surface area contributed by atoms with E-state index in [0.29, 0.717) is 31.7 Å². The number of likely N-dealkylation sites (tertiary alicyclic amines) is 1. The van der Waals surface area contributed by atoms with Crippen LogP contribution in [0.5, 0.6) is 0 Å². The summed E-state index contributed by atoms with van der Waals surface area (Å²) in [5.74, 6) is -0.185. The maximum Gasteiger partial charge on any atom is 0.311 e. The van der Waals surface area contributed by atoms with Gasteiger partial charge in [0.15, 0.2) is 0 Å². The standard InChI is InChI=1S/C27H37NO4/c1-18-7-6-10-20-15-22-23(24(29)26(18,20)2)21(25(30)32-22)17-28-13-11-27(31,12-14-28)16-19-8-4-3-5-9-19/h3-5,8-10,18,21-24,29,31H,6-7,11-17H2,1-2H3/t18-,21?,22-,23-,24+,26-/m1/s1. The molecule has 2 heterocycles. The van der Waals surface area contributed by atoms with E-state index in [0.717, 1.165) is 37.9 Å². The molecule has 0 bridgehead atoms. The van der Waals surface area contributed by atoms with E-state index in [1.54, 1.807) is 0 Å². The van der Waals surface area contributed by atoms with E-state index < -0.39 is 11.7 Å². The maximum atomic E-state index is 12.9. The zero-order chi connectivity index (χ0) is 22.5. The highest BCUT2D eigenvalue weighted by Gasteiger charge is 2.59. The van der Waals surface area contributed by atoms with Crippen LogP contribution in [-0.2, 0) is 16.0 Å². The SMILES string of the molecule is C[C@@H]1CCC=C2C[C@H]3OC(=O)C(CN4CCC(O)(Cc5ccccc5)CC4)[C@H]3[C@H](O)[C@@]21C. The highest BCUT2D eigenvalue weighted by Crippen LogP contribution is 2.56. The van der Waals surface area contributed by atoms with Crippen LogP contribution in [0.25, 0.3) is 0 Å². The number of hydrogen-bond donors (Lipinski definition) is 2. The molecule has 0 aromatic heterocycles. The molecule has 0 radical (unpaired) electrons. The number of hydrogen-bond acceptors (Lipinski definition) is 5. The third-order valence-electron chi connectivity index (χ3n) is 9.19. The molecule has 5 heteroatoms. The Hall–Kier alpha value is -1.69. The lowest BCUT2D eigenvalue weighted by Gasteiger charge is -2.52. The summed E-state index contributed by atoms with van der Waals surface area (Å²) in [6.45, 7) is 6.57. The molecule has 1 saturated carbocycles. The van der Waals surface area contributed by atoms with Crippen LogP contribution in [0.15, 0.2) is 42.0 Å². The monoisotopic (exact) mass is 439 g/mol. The number of esters is 1. The zero-order valence-corrected chi connectivity index (χ0v) is 19.4. The lowest BCUT2D eigenvalue weighted by molar-refractivity contribution is -0.145. The second-order valence-corrected chi connectivity index (χ2v) is 11.0. The van der Waals surface area contributed by atoms with Crippen molar-refractivity contribution in [3.63, 3.8) is 0 Å². The van der Waals surface area contributed by atoms with Gasteiger partial charge in [0.1, 0.15) is 6.10 Å². The number of benzene rings is 1. The number of ether oxygens (including phenoxy) is 1. The first-order valence-corrected chi connectivity index (χ1v) is 12.4. The van der Waals surface area contributed by atoms with Gasteiger partial charge in [-0.05, 0) is 37.2 Å². The number of allylic oxidation sites excluding steroid dienone is 1. The first-order valence-electron chi connectivity index (χ1n) is 12.4. The van der Waals surface area contributed by atoms with E-state index in [1.807, 2.05) is 18.2 Å². The molecule has 5 nitrogen and oxygen atoms in total. The van der Waals surface area contributed by atoms with Crippen LogP contribution in [0.4, 0.5) is 0 Å². The fraction of sp³-hybridized carbons (Fsp3) is 0.667. The molecular formula is C27H37NO4. The summed E-state index contributed by atoms with van der Waals surface area (Å²) in [6.07, 6.45) is 6.48. The second-order valence-electron chi connectivity index (χ2n) is 11.0. The minimum atomic E-state index is -0.689. The number of aliphatic hydroxyl groups is 2. The first-order chi connectivity index (χ1) is 15.3. The molecule has 5 rings (SSSR count). The Kier molecular flexibility index (Phi) is 5.71. The highest BCUT2D eigenvalue weighted by molar-refractivity contribution is 5.76. The van der Waals surface area contributed by atoms with Crippen LogP contribution >= 0.6 is 0 Å². The molecule has 2 saturated heterocycles. The van der Waals surface area contributed by atoms with E-state index in [1.165, 1.54) is 5.57 Å². The van der Waals surface area contributed by atoms with Crippen LogP contribution in [0, 0.1) is 23.2 Å². The molecule has 1 unspecified atom stereocenters. The molecule has 4 aliphatic rings. The molecule has 2 N–H and O–H groups in total. The van der Waals surface area contributed by atoms with Crippen molar-refractivity contribution in [2.24, 2.45) is 23.2 Å². The summed E-state index contributed by atoms with van der Waals surface area (Å²) >= 11 is 0. The first kappa shape index (κ1) is 22.1. The smallest absolute Gasteiger partial charge is 0.311 e. The lowest BCUT2D eigenvalue weighted by atomic mass is 9.55. The topological polar surface area (TPSA) is 70.0 Å². The van der Waals surface area contributed by atoms with Gasteiger partial charge in [0.05, 0.1) is 17.6 Å². The summed E-state index contributed by atoms with van der Waals surface area (Å²) < 4.78 is 5.82. The third kappa shape index (κ3) is 3.72. The predicted molar refractivity (Wildman–Crippen MR) is 123 cm³/mol. The van der Waals surface area contributed by atoms with Gasteiger partial charge in [-0.25, -0.2) is 0 Å². The number of aliphatic hydroxyl groups excluding tert-OH is 1. The van der Waals surface area contributed by atoms with Gasteiger partial charge in [0.25, 0.3) is 0 Å². The van der Waals surface area contributed by atoms with Crippen LogP contribution in [0.1, 0.15) is 51.5 Å². The summed E-state index contributed by atoms with van der Waals surface area (Å²) in [5.41, 5.74) is 1.49. The summed E-state index contributed by atoms with van der Waals surface area (Å²) in [7, 11) is 0. The molecular weight excluding hydrogens is 402 g/mol. The Morgan fingerprint density at radius 2 is 1.91 bits per heavy atom. The predicted octanol–water partition coefficient (Wildman–Crippen LogP) is 3.34. The van der Waals surface area contributed by atoms with Crippen molar-refractivity contribution >= 4 is 5.97 Å². The number of piperidine rings is 1. The fourth-order valence-electron chi connectivity index (χ4n) is 6.86. The summed E-state index contributed by atoms with van der Waals surface area (Å²) in [6, 6.07) is 10.2. The molecule has 0 spiro atoms. The van der Waals surface area contributed by atoms with Gasteiger partial charge < -0.3 is 19.8 Å². The molecule has 1 aromatic rings. The Labute approximate surface area is 191 Å². The van der Waals surface area contributed by atoms with E-state index in [2.05, 4.69) is 37.0 Å². The van der Waals surface area contributed by atoms with Crippen LogP contribution in [-0.4, -0.2) is 58.5 Å². The number of rotatable bonds is 4. The van der Waals surface area contributed by atoms with E-state index in [9.17, 15) is 15.0 Å². The summed E-state index contributed by atoms with van der Waals surface area (Å²) in [4.78, 5) is 15.2. The molecule has 6 atom stereocenters. The average molecular weight is 440 g/mol. The third-order valence-corrected chi connectivity index (χ3v) is 9.19. The van der Waals surface area contributed by atoms with Gasteiger partial charge in [-0.2, -0.15) is 0 Å². The van der Waals surface area contributed by atoms with Crippen molar-refractivity contribution in [3.8, 4) is 0 Å². The van der Waals surface area contributed by atoms with Crippen molar-refractivity contribution in [1.82, 2.24) is 4.90 Å². The number of carbonyl (C=O) groups is 1.